The highest BCUT2D eigenvalue weighted by molar-refractivity contribution is 6.42. The molecule has 28 heavy (non-hydrogen) atoms. The summed E-state index contributed by atoms with van der Waals surface area (Å²) in [6, 6.07) is 13.3. The third-order valence-corrected chi connectivity index (χ3v) is 5.58. The molecule has 2 aromatic rings. The molecule has 0 unspecified atom stereocenters. The first kappa shape index (κ1) is 21.0. The van der Waals surface area contributed by atoms with E-state index < -0.39 is 0 Å². The molecule has 1 amide bonds. The van der Waals surface area contributed by atoms with Crippen LogP contribution in [0.15, 0.2) is 42.5 Å². The van der Waals surface area contributed by atoms with E-state index in [0.29, 0.717) is 10.0 Å². The molecule has 4 nitrogen and oxygen atoms in total. The molecular formula is C22H26Cl2N2O2. The van der Waals surface area contributed by atoms with E-state index in [4.69, 9.17) is 27.9 Å². The lowest BCUT2D eigenvalue weighted by atomic mass is 9.95. The molecule has 0 atom stereocenters. The van der Waals surface area contributed by atoms with Crippen molar-refractivity contribution in [3.63, 3.8) is 0 Å². The van der Waals surface area contributed by atoms with Crippen LogP contribution in [0.3, 0.4) is 0 Å². The summed E-state index contributed by atoms with van der Waals surface area (Å²) >= 11 is 12.1. The largest absolute Gasteiger partial charge is 0.491 e. The highest BCUT2D eigenvalue weighted by atomic mass is 35.5. The number of nitrogens with one attached hydrogen (secondary N) is 1. The van der Waals surface area contributed by atoms with Gasteiger partial charge in [-0.25, -0.2) is 0 Å². The fraction of sp³-hybridized carbons (Fsp3) is 0.409. The third-order valence-electron chi connectivity index (χ3n) is 4.84. The van der Waals surface area contributed by atoms with E-state index in [9.17, 15) is 4.79 Å². The van der Waals surface area contributed by atoms with E-state index in [-0.39, 0.29) is 17.9 Å². The van der Waals surface area contributed by atoms with E-state index in [1.807, 2.05) is 56.3 Å². The monoisotopic (exact) mass is 420 g/mol. The molecule has 0 bridgehead atoms. The average molecular weight is 421 g/mol. The maximum Gasteiger partial charge on any atom is 0.227 e. The summed E-state index contributed by atoms with van der Waals surface area (Å²) in [5.41, 5.74) is 1.94. The Morgan fingerprint density at radius 2 is 1.79 bits per heavy atom. The summed E-state index contributed by atoms with van der Waals surface area (Å²) in [7, 11) is 0. The van der Waals surface area contributed by atoms with Gasteiger partial charge in [0.2, 0.25) is 5.91 Å². The van der Waals surface area contributed by atoms with Crippen molar-refractivity contribution in [2.75, 3.05) is 18.4 Å². The first-order valence-corrected chi connectivity index (χ1v) is 10.4. The fourth-order valence-electron chi connectivity index (χ4n) is 3.38. The number of piperidine rings is 1. The molecule has 1 N–H and O–H groups in total. The first-order valence-electron chi connectivity index (χ1n) is 9.64. The van der Waals surface area contributed by atoms with Crippen molar-refractivity contribution in [2.45, 2.75) is 39.3 Å². The lowest BCUT2D eigenvalue weighted by molar-refractivity contribution is -0.121. The lowest BCUT2D eigenvalue weighted by Crippen LogP contribution is -2.37. The molecule has 1 fully saturated rings. The van der Waals surface area contributed by atoms with Gasteiger partial charge < -0.3 is 10.1 Å². The molecule has 150 valence electrons. The van der Waals surface area contributed by atoms with E-state index in [1.54, 1.807) is 0 Å². The highest BCUT2D eigenvalue weighted by Gasteiger charge is 2.25. The quantitative estimate of drug-likeness (QED) is 0.657. The number of likely N-dealkylation sites (tertiary alicyclic amines) is 1. The molecule has 1 aliphatic rings. The van der Waals surface area contributed by atoms with Crippen LogP contribution in [0.1, 0.15) is 32.3 Å². The number of carbonyl (C=O) groups excluding carboxylic acids is 1. The van der Waals surface area contributed by atoms with Gasteiger partial charge in [-0.3, -0.25) is 9.69 Å². The minimum absolute atomic E-state index is 0.0386. The van der Waals surface area contributed by atoms with Gasteiger partial charge in [0.05, 0.1) is 16.1 Å². The molecule has 1 aliphatic heterocycles. The molecule has 6 heteroatoms. The molecule has 1 heterocycles. The van der Waals surface area contributed by atoms with E-state index in [0.717, 1.165) is 49.5 Å². The van der Waals surface area contributed by atoms with Crippen molar-refractivity contribution in [2.24, 2.45) is 5.92 Å². The number of carbonyl (C=O) groups is 1. The van der Waals surface area contributed by atoms with Crippen LogP contribution in [0, 0.1) is 5.92 Å². The second-order valence-corrected chi connectivity index (χ2v) is 8.29. The van der Waals surface area contributed by atoms with Crippen LogP contribution in [-0.2, 0) is 11.3 Å². The SMILES string of the molecule is CC(C)Oc1ccc(NC(=O)C2CCN(Cc3ccc(Cl)c(Cl)c3)CC2)cc1. The van der Waals surface area contributed by atoms with Gasteiger partial charge in [0.25, 0.3) is 0 Å². The van der Waals surface area contributed by atoms with Crippen molar-refractivity contribution < 1.29 is 9.53 Å². The fourth-order valence-corrected chi connectivity index (χ4v) is 3.70. The van der Waals surface area contributed by atoms with Gasteiger partial charge in [0.15, 0.2) is 0 Å². The number of rotatable bonds is 6. The van der Waals surface area contributed by atoms with Crippen LogP contribution < -0.4 is 10.1 Å². The number of benzene rings is 2. The van der Waals surface area contributed by atoms with Gasteiger partial charge in [0, 0.05) is 18.2 Å². The van der Waals surface area contributed by atoms with Crippen molar-refractivity contribution in [1.82, 2.24) is 4.90 Å². The van der Waals surface area contributed by atoms with Crippen molar-refractivity contribution in [3.8, 4) is 5.75 Å². The molecule has 0 spiro atoms. The summed E-state index contributed by atoms with van der Waals surface area (Å²) in [4.78, 5) is 14.9. The van der Waals surface area contributed by atoms with E-state index in [1.165, 1.54) is 0 Å². The smallest absolute Gasteiger partial charge is 0.227 e. The molecule has 3 rings (SSSR count). The minimum atomic E-state index is 0.0386. The van der Waals surface area contributed by atoms with Crippen LogP contribution in [0.4, 0.5) is 5.69 Å². The minimum Gasteiger partial charge on any atom is -0.491 e. The Hall–Kier alpha value is -1.75. The number of anilines is 1. The second-order valence-electron chi connectivity index (χ2n) is 7.48. The van der Waals surface area contributed by atoms with Crippen LogP contribution in [0.5, 0.6) is 5.75 Å². The maximum atomic E-state index is 12.6. The van der Waals surface area contributed by atoms with Crippen LogP contribution in [-0.4, -0.2) is 30.0 Å². The van der Waals surface area contributed by atoms with Crippen LogP contribution in [0.25, 0.3) is 0 Å². The average Bonchev–Trinajstić information content (AvgIpc) is 2.66. The van der Waals surface area contributed by atoms with Gasteiger partial charge in [-0.1, -0.05) is 29.3 Å². The summed E-state index contributed by atoms with van der Waals surface area (Å²) in [5.74, 6) is 0.937. The zero-order valence-corrected chi connectivity index (χ0v) is 17.8. The maximum absolute atomic E-state index is 12.6. The summed E-state index contributed by atoms with van der Waals surface area (Å²) in [5, 5.41) is 4.18. The predicted molar refractivity (Wildman–Crippen MR) is 115 cm³/mol. The van der Waals surface area contributed by atoms with Crippen molar-refractivity contribution >= 4 is 34.8 Å². The van der Waals surface area contributed by atoms with Gasteiger partial charge in [0.1, 0.15) is 5.75 Å². The predicted octanol–water partition coefficient (Wildman–Crippen LogP) is 5.63. The Morgan fingerprint density at radius 1 is 1.11 bits per heavy atom. The Labute approximate surface area is 176 Å². The van der Waals surface area contributed by atoms with Crippen molar-refractivity contribution in [3.05, 3.63) is 58.1 Å². The van der Waals surface area contributed by atoms with Crippen LogP contribution in [0.2, 0.25) is 10.0 Å². The summed E-state index contributed by atoms with van der Waals surface area (Å²) < 4.78 is 5.63. The van der Waals surface area contributed by atoms with E-state index >= 15 is 0 Å². The molecule has 0 saturated carbocycles. The highest BCUT2D eigenvalue weighted by Crippen LogP contribution is 2.25. The summed E-state index contributed by atoms with van der Waals surface area (Å²) in [6.45, 7) is 6.58. The Morgan fingerprint density at radius 3 is 2.39 bits per heavy atom. The number of hydrogen-bond donors (Lipinski definition) is 1. The normalized spacial score (nSPS) is 15.6. The zero-order valence-electron chi connectivity index (χ0n) is 16.3. The molecule has 0 aromatic heterocycles. The van der Waals surface area contributed by atoms with Gasteiger partial charge in [-0.05, 0) is 81.7 Å². The number of nitrogens with zero attached hydrogens (tertiary/aromatic N) is 1. The Balaban J connectivity index is 1.47. The van der Waals surface area contributed by atoms with Crippen molar-refractivity contribution in [1.29, 1.82) is 0 Å². The molecule has 2 aromatic carbocycles. The standard InChI is InChI=1S/C22H26Cl2N2O2/c1-15(2)28-19-6-4-18(5-7-19)25-22(27)17-9-11-26(12-10-17)14-16-3-8-20(23)21(24)13-16/h3-8,13,15,17H,9-12,14H2,1-2H3,(H,25,27). The number of halogens is 2. The molecular weight excluding hydrogens is 395 g/mol. The number of ether oxygens (including phenoxy) is 1. The topological polar surface area (TPSA) is 41.6 Å². The molecule has 1 saturated heterocycles. The number of hydrogen-bond acceptors (Lipinski definition) is 3. The zero-order chi connectivity index (χ0) is 20.1. The molecule has 0 aliphatic carbocycles. The first-order chi connectivity index (χ1) is 13.4. The Kier molecular flexibility index (Phi) is 7.22. The molecule has 0 radical (unpaired) electrons. The van der Waals surface area contributed by atoms with Gasteiger partial charge in [-0.15, -0.1) is 0 Å². The third kappa shape index (κ3) is 5.87. The van der Waals surface area contributed by atoms with Gasteiger partial charge >= 0.3 is 0 Å². The number of amides is 1. The lowest BCUT2D eigenvalue weighted by Gasteiger charge is -2.31. The van der Waals surface area contributed by atoms with Gasteiger partial charge in [-0.2, -0.15) is 0 Å². The summed E-state index contributed by atoms with van der Waals surface area (Å²) in [6.07, 6.45) is 1.83. The van der Waals surface area contributed by atoms with Crippen LogP contribution >= 0.6 is 23.2 Å². The second kappa shape index (κ2) is 9.64. The van der Waals surface area contributed by atoms with E-state index in [2.05, 4.69) is 10.2 Å². The Bertz CT molecular complexity index is 801.